The second-order valence-electron chi connectivity index (χ2n) is 6.47. The molecule has 0 bridgehead atoms. The number of aryl methyl sites for hydroxylation is 1. The number of nitrogens with zero attached hydrogens (tertiary/aromatic N) is 1. The first kappa shape index (κ1) is 19.3. The quantitative estimate of drug-likeness (QED) is 0.818. The molecule has 0 aliphatic carbocycles. The molecule has 0 aromatic heterocycles. The fourth-order valence-corrected chi connectivity index (χ4v) is 4.55. The Hall–Kier alpha value is -1.44. The van der Waals surface area contributed by atoms with Crippen molar-refractivity contribution in [2.45, 2.75) is 24.9 Å². The molecule has 2 aromatic rings. The summed E-state index contributed by atoms with van der Waals surface area (Å²) >= 11 is 6.09. The van der Waals surface area contributed by atoms with Gasteiger partial charge in [-0.15, -0.1) is 0 Å². The highest BCUT2D eigenvalue weighted by molar-refractivity contribution is 7.89. The summed E-state index contributed by atoms with van der Waals surface area (Å²) in [5.41, 5.74) is 3.00. The van der Waals surface area contributed by atoms with Gasteiger partial charge in [-0.2, -0.15) is 0 Å². The van der Waals surface area contributed by atoms with Gasteiger partial charge in [0, 0.05) is 26.2 Å². The largest absolute Gasteiger partial charge is 0.379 e. The van der Waals surface area contributed by atoms with Crippen molar-refractivity contribution >= 4 is 21.6 Å². The van der Waals surface area contributed by atoms with Crippen LogP contribution >= 0.6 is 11.6 Å². The molecule has 26 heavy (non-hydrogen) atoms. The van der Waals surface area contributed by atoms with Gasteiger partial charge in [-0.05, 0) is 35.7 Å². The molecule has 5 nitrogen and oxygen atoms in total. The molecule has 1 saturated heterocycles. The monoisotopic (exact) mass is 394 g/mol. The average Bonchev–Trinajstić information content (AvgIpc) is 2.61. The molecule has 0 amide bonds. The first-order valence-electron chi connectivity index (χ1n) is 8.58. The number of benzene rings is 2. The summed E-state index contributed by atoms with van der Waals surface area (Å²) in [5, 5.41) is 0.235. The van der Waals surface area contributed by atoms with E-state index in [2.05, 4.69) is 15.7 Å². The average molecular weight is 395 g/mol. The number of hydrogen-bond acceptors (Lipinski definition) is 4. The molecule has 0 spiro atoms. The standard InChI is InChI=1S/C19H23ClN2O3S/c1-15-5-6-19(18(20)11-15)26(23,24)21-13-16-3-2-4-17(12-16)14-22-7-9-25-10-8-22/h2-6,11-12,21H,7-10,13-14H2,1H3. The first-order chi connectivity index (χ1) is 12.4. The van der Waals surface area contributed by atoms with Gasteiger partial charge in [0.25, 0.3) is 0 Å². The lowest BCUT2D eigenvalue weighted by molar-refractivity contribution is 0.0342. The van der Waals surface area contributed by atoms with E-state index in [0.29, 0.717) is 0 Å². The van der Waals surface area contributed by atoms with Gasteiger partial charge in [-0.1, -0.05) is 41.9 Å². The second kappa shape index (κ2) is 8.50. The maximum atomic E-state index is 12.5. The minimum absolute atomic E-state index is 0.106. The van der Waals surface area contributed by atoms with Crippen molar-refractivity contribution in [2.75, 3.05) is 26.3 Å². The first-order valence-corrected chi connectivity index (χ1v) is 10.4. The molecule has 1 aliphatic rings. The molecule has 1 N–H and O–H groups in total. The molecule has 0 atom stereocenters. The van der Waals surface area contributed by atoms with Crippen molar-refractivity contribution in [3.63, 3.8) is 0 Å². The molecule has 0 radical (unpaired) electrons. The van der Waals surface area contributed by atoms with Gasteiger partial charge in [-0.3, -0.25) is 4.90 Å². The summed E-state index contributed by atoms with van der Waals surface area (Å²) in [6, 6.07) is 12.9. The highest BCUT2D eigenvalue weighted by Gasteiger charge is 2.17. The van der Waals surface area contributed by atoms with Gasteiger partial charge >= 0.3 is 0 Å². The van der Waals surface area contributed by atoms with Gasteiger partial charge in [-0.25, -0.2) is 13.1 Å². The van der Waals surface area contributed by atoms with Crippen LogP contribution in [-0.2, 0) is 27.8 Å². The van der Waals surface area contributed by atoms with E-state index >= 15 is 0 Å². The summed E-state index contributed by atoms with van der Waals surface area (Å²) in [6.45, 7) is 6.30. The van der Waals surface area contributed by atoms with Crippen molar-refractivity contribution in [3.8, 4) is 0 Å². The molecule has 1 fully saturated rings. The highest BCUT2D eigenvalue weighted by atomic mass is 35.5. The van der Waals surface area contributed by atoms with Crippen LogP contribution in [0.15, 0.2) is 47.4 Å². The van der Waals surface area contributed by atoms with E-state index in [1.807, 2.05) is 25.1 Å². The third-order valence-corrected chi connectivity index (χ3v) is 6.23. The second-order valence-corrected chi connectivity index (χ2v) is 8.61. The SMILES string of the molecule is Cc1ccc(S(=O)(=O)NCc2cccc(CN3CCOCC3)c2)c(Cl)c1. The summed E-state index contributed by atoms with van der Waals surface area (Å²) in [5.74, 6) is 0. The normalized spacial score (nSPS) is 15.9. The van der Waals surface area contributed by atoms with E-state index in [-0.39, 0.29) is 16.5 Å². The van der Waals surface area contributed by atoms with E-state index in [0.717, 1.165) is 49.5 Å². The number of morpholine rings is 1. The number of hydrogen-bond donors (Lipinski definition) is 1. The Morgan fingerprint density at radius 3 is 2.58 bits per heavy atom. The number of sulfonamides is 1. The zero-order valence-corrected chi connectivity index (χ0v) is 16.3. The Balaban J connectivity index is 1.66. The molecule has 0 saturated carbocycles. The summed E-state index contributed by atoms with van der Waals surface area (Å²) in [7, 11) is -3.65. The molecule has 0 unspecified atom stereocenters. The van der Waals surface area contributed by atoms with Crippen molar-refractivity contribution in [3.05, 3.63) is 64.2 Å². The van der Waals surface area contributed by atoms with Crippen LogP contribution in [0.5, 0.6) is 0 Å². The van der Waals surface area contributed by atoms with Crippen LogP contribution in [0.4, 0.5) is 0 Å². The predicted molar refractivity (Wildman–Crippen MR) is 103 cm³/mol. The molecule has 1 heterocycles. The number of rotatable bonds is 6. The van der Waals surface area contributed by atoms with Crippen LogP contribution < -0.4 is 4.72 Å². The fraction of sp³-hybridized carbons (Fsp3) is 0.368. The highest BCUT2D eigenvalue weighted by Crippen LogP contribution is 2.22. The third-order valence-electron chi connectivity index (χ3n) is 4.34. The smallest absolute Gasteiger partial charge is 0.242 e. The van der Waals surface area contributed by atoms with Crippen molar-refractivity contribution in [2.24, 2.45) is 0 Å². The van der Waals surface area contributed by atoms with Crippen LogP contribution in [0.2, 0.25) is 5.02 Å². The zero-order chi connectivity index (χ0) is 18.6. The van der Waals surface area contributed by atoms with Gasteiger partial charge < -0.3 is 4.74 Å². The van der Waals surface area contributed by atoms with Crippen LogP contribution in [0.25, 0.3) is 0 Å². The van der Waals surface area contributed by atoms with Crippen LogP contribution in [0.1, 0.15) is 16.7 Å². The van der Waals surface area contributed by atoms with Gasteiger partial charge in [0.15, 0.2) is 0 Å². The molecular formula is C19H23ClN2O3S. The van der Waals surface area contributed by atoms with E-state index < -0.39 is 10.0 Å². The molecule has 7 heteroatoms. The van der Waals surface area contributed by atoms with Gasteiger partial charge in [0.05, 0.1) is 18.2 Å². The van der Waals surface area contributed by atoms with Crippen LogP contribution in [0, 0.1) is 6.92 Å². The summed E-state index contributed by atoms with van der Waals surface area (Å²) in [4.78, 5) is 2.44. The topological polar surface area (TPSA) is 58.6 Å². The van der Waals surface area contributed by atoms with Crippen LogP contribution in [0.3, 0.4) is 0 Å². The van der Waals surface area contributed by atoms with E-state index in [1.54, 1.807) is 12.1 Å². The summed E-state index contributed by atoms with van der Waals surface area (Å²) in [6.07, 6.45) is 0. The minimum Gasteiger partial charge on any atom is -0.379 e. The zero-order valence-electron chi connectivity index (χ0n) is 14.7. The Labute approximate surface area is 160 Å². The molecule has 140 valence electrons. The Kier molecular flexibility index (Phi) is 6.32. The van der Waals surface area contributed by atoms with Gasteiger partial charge in [0.2, 0.25) is 10.0 Å². The molecule has 2 aromatic carbocycles. The Morgan fingerprint density at radius 2 is 1.85 bits per heavy atom. The van der Waals surface area contributed by atoms with E-state index in [4.69, 9.17) is 16.3 Å². The lowest BCUT2D eigenvalue weighted by Crippen LogP contribution is -2.35. The van der Waals surface area contributed by atoms with Crippen molar-refractivity contribution in [1.82, 2.24) is 9.62 Å². The number of nitrogens with one attached hydrogen (secondary N) is 1. The Morgan fingerprint density at radius 1 is 1.12 bits per heavy atom. The number of halogens is 1. The predicted octanol–water partition coefficient (Wildman–Crippen LogP) is 2.96. The van der Waals surface area contributed by atoms with E-state index in [9.17, 15) is 8.42 Å². The van der Waals surface area contributed by atoms with Crippen molar-refractivity contribution in [1.29, 1.82) is 0 Å². The maximum Gasteiger partial charge on any atom is 0.242 e. The molecule has 3 rings (SSSR count). The third kappa shape index (κ3) is 5.05. The van der Waals surface area contributed by atoms with Crippen LogP contribution in [-0.4, -0.2) is 39.6 Å². The lowest BCUT2D eigenvalue weighted by atomic mass is 10.1. The molecule has 1 aliphatic heterocycles. The minimum atomic E-state index is -3.65. The molecular weight excluding hydrogens is 372 g/mol. The maximum absolute atomic E-state index is 12.5. The lowest BCUT2D eigenvalue weighted by Gasteiger charge is -2.26. The number of ether oxygens (including phenoxy) is 1. The van der Waals surface area contributed by atoms with Gasteiger partial charge in [0.1, 0.15) is 4.90 Å². The Bertz CT molecular complexity index is 865. The van der Waals surface area contributed by atoms with E-state index in [1.165, 1.54) is 6.07 Å². The summed E-state index contributed by atoms with van der Waals surface area (Å²) < 4.78 is 33.0. The van der Waals surface area contributed by atoms with Crippen molar-refractivity contribution < 1.29 is 13.2 Å². The fourth-order valence-electron chi connectivity index (χ4n) is 2.94.